The number of hydrogen-bond acceptors (Lipinski definition) is 2. The largest absolute Gasteiger partial charge is 0.382 e. The molecule has 1 saturated heterocycles. The second kappa shape index (κ2) is 5.17. The maximum atomic E-state index is 3.66. The van der Waals surface area contributed by atoms with Crippen LogP contribution in [0.25, 0.3) is 0 Å². The normalized spacial score (nSPS) is 17.7. The Hall–Kier alpha value is -1.02. The molecule has 82 valence electrons. The van der Waals surface area contributed by atoms with Crippen LogP contribution >= 0.6 is 0 Å². The van der Waals surface area contributed by atoms with Gasteiger partial charge in [-0.15, -0.1) is 0 Å². The van der Waals surface area contributed by atoms with Gasteiger partial charge in [0, 0.05) is 11.7 Å². The van der Waals surface area contributed by atoms with E-state index in [1.165, 1.54) is 24.1 Å². The van der Waals surface area contributed by atoms with E-state index in [1.807, 2.05) is 0 Å². The molecular weight excluding hydrogens is 184 g/mol. The molecule has 1 heterocycles. The molecule has 1 fully saturated rings. The fourth-order valence-corrected chi connectivity index (χ4v) is 2.16. The van der Waals surface area contributed by atoms with E-state index in [4.69, 9.17) is 0 Å². The first-order valence-electron chi connectivity index (χ1n) is 5.95. The summed E-state index contributed by atoms with van der Waals surface area (Å²) in [5.74, 6) is 0. The van der Waals surface area contributed by atoms with Crippen molar-refractivity contribution in [3.63, 3.8) is 0 Å². The van der Waals surface area contributed by atoms with E-state index in [2.05, 4.69) is 41.8 Å². The lowest BCUT2D eigenvalue weighted by Crippen LogP contribution is -2.35. The van der Waals surface area contributed by atoms with E-state index >= 15 is 0 Å². The quantitative estimate of drug-likeness (QED) is 0.790. The molecule has 0 unspecified atom stereocenters. The van der Waals surface area contributed by atoms with Gasteiger partial charge in [0.15, 0.2) is 0 Å². The molecule has 2 heteroatoms. The molecule has 2 N–H and O–H groups in total. The molecule has 0 bridgehead atoms. The van der Waals surface area contributed by atoms with Crippen molar-refractivity contribution in [3.8, 4) is 0 Å². The molecule has 0 aromatic heterocycles. The predicted octanol–water partition coefficient (Wildman–Crippen LogP) is 2.41. The number of benzene rings is 1. The number of piperidine rings is 1. The van der Waals surface area contributed by atoms with Crippen molar-refractivity contribution in [3.05, 3.63) is 29.8 Å². The Labute approximate surface area is 92.1 Å². The Kier molecular flexibility index (Phi) is 3.62. The third-order valence-electron chi connectivity index (χ3n) is 3.10. The van der Waals surface area contributed by atoms with Crippen LogP contribution in [-0.2, 0) is 6.42 Å². The van der Waals surface area contributed by atoms with Crippen LogP contribution in [0.15, 0.2) is 24.3 Å². The number of hydrogen-bond donors (Lipinski definition) is 2. The van der Waals surface area contributed by atoms with Crippen LogP contribution in [0.2, 0.25) is 0 Å². The van der Waals surface area contributed by atoms with E-state index in [-0.39, 0.29) is 0 Å². The summed E-state index contributed by atoms with van der Waals surface area (Å²) in [4.78, 5) is 0. The third kappa shape index (κ3) is 2.72. The third-order valence-corrected chi connectivity index (χ3v) is 3.10. The highest BCUT2D eigenvalue weighted by molar-refractivity contribution is 5.51. The Morgan fingerprint density at radius 1 is 1.27 bits per heavy atom. The molecule has 15 heavy (non-hydrogen) atoms. The monoisotopic (exact) mass is 204 g/mol. The van der Waals surface area contributed by atoms with Gasteiger partial charge in [-0.2, -0.15) is 0 Å². The van der Waals surface area contributed by atoms with Crippen LogP contribution < -0.4 is 10.6 Å². The van der Waals surface area contributed by atoms with Crippen molar-refractivity contribution in [1.29, 1.82) is 0 Å². The van der Waals surface area contributed by atoms with Crippen molar-refractivity contribution in [2.75, 3.05) is 18.4 Å². The molecule has 0 radical (unpaired) electrons. The van der Waals surface area contributed by atoms with Gasteiger partial charge in [0.05, 0.1) is 0 Å². The zero-order valence-electron chi connectivity index (χ0n) is 9.42. The van der Waals surface area contributed by atoms with Crippen LogP contribution in [0.4, 0.5) is 5.69 Å². The summed E-state index contributed by atoms with van der Waals surface area (Å²) in [5, 5.41) is 7.05. The average molecular weight is 204 g/mol. The minimum absolute atomic E-state index is 0.652. The Morgan fingerprint density at radius 3 is 2.73 bits per heavy atom. The molecule has 1 aliphatic rings. The maximum absolute atomic E-state index is 3.66. The molecule has 0 saturated carbocycles. The second-order valence-corrected chi connectivity index (χ2v) is 4.18. The number of nitrogens with one attached hydrogen (secondary N) is 2. The summed E-state index contributed by atoms with van der Waals surface area (Å²) < 4.78 is 0. The van der Waals surface area contributed by atoms with Crippen LogP contribution in [0.5, 0.6) is 0 Å². The Bertz CT molecular complexity index is 303. The van der Waals surface area contributed by atoms with Crippen LogP contribution in [0.1, 0.15) is 25.3 Å². The molecule has 1 aromatic carbocycles. The first-order chi connectivity index (χ1) is 7.40. The summed E-state index contributed by atoms with van der Waals surface area (Å²) in [6, 6.07) is 9.29. The Balaban J connectivity index is 2.02. The van der Waals surface area contributed by atoms with Crippen molar-refractivity contribution < 1.29 is 0 Å². The van der Waals surface area contributed by atoms with Gasteiger partial charge in [0.1, 0.15) is 0 Å². The summed E-state index contributed by atoms with van der Waals surface area (Å²) in [6.07, 6.45) is 3.57. The highest BCUT2D eigenvalue weighted by atomic mass is 15.0. The van der Waals surface area contributed by atoms with Gasteiger partial charge < -0.3 is 10.6 Å². The Morgan fingerprint density at radius 2 is 2.00 bits per heavy atom. The van der Waals surface area contributed by atoms with Gasteiger partial charge >= 0.3 is 0 Å². The number of aryl methyl sites for hydroxylation is 1. The van der Waals surface area contributed by atoms with Crippen molar-refractivity contribution in [2.24, 2.45) is 0 Å². The summed E-state index contributed by atoms with van der Waals surface area (Å²) in [5.41, 5.74) is 2.75. The maximum Gasteiger partial charge on any atom is 0.0374 e. The van der Waals surface area contributed by atoms with Gasteiger partial charge in [0.25, 0.3) is 0 Å². The zero-order chi connectivity index (χ0) is 10.5. The minimum Gasteiger partial charge on any atom is -0.382 e. The number of para-hydroxylation sites is 1. The van der Waals surface area contributed by atoms with Gasteiger partial charge in [-0.25, -0.2) is 0 Å². The van der Waals surface area contributed by atoms with E-state index in [0.29, 0.717) is 6.04 Å². The average Bonchev–Trinajstić information content (AvgIpc) is 2.31. The van der Waals surface area contributed by atoms with E-state index in [9.17, 15) is 0 Å². The van der Waals surface area contributed by atoms with Crippen molar-refractivity contribution in [2.45, 2.75) is 32.2 Å². The van der Waals surface area contributed by atoms with E-state index in [1.54, 1.807) is 0 Å². The zero-order valence-corrected chi connectivity index (χ0v) is 9.42. The fourth-order valence-electron chi connectivity index (χ4n) is 2.16. The first kappa shape index (κ1) is 10.5. The number of rotatable bonds is 3. The van der Waals surface area contributed by atoms with Crippen LogP contribution in [0, 0.1) is 0 Å². The lowest BCUT2D eigenvalue weighted by Gasteiger charge is -2.25. The second-order valence-electron chi connectivity index (χ2n) is 4.18. The SMILES string of the molecule is CCc1ccccc1NC1CCNCC1. The lowest BCUT2D eigenvalue weighted by molar-refractivity contribution is 0.479. The molecule has 2 nitrogen and oxygen atoms in total. The topological polar surface area (TPSA) is 24.1 Å². The molecule has 0 amide bonds. The molecule has 0 aliphatic carbocycles. The van der Waals surface area contributed by atoms with Gasteiger partial charge in [-0.3, -0.25) is 0 Å². The smallest absolute Gasteiger partial charge is 0.0374 e. The molecule has 2 rings (SSSR count). The number of anilines is 1. The summed E-state index contributed by atoms with van der Waals surface area (Å²) in [7, 11) is 0. The lowest BCUT2D eigenvalue weighted by atomic mass is 10.0. The van der Waals surface area contributed by atoms with Crippen LogP contribution in [0.3, 0.4) is 0 Å². The minimum atomic E-state index is 0.652. The summed E-state index contributed by atoms with van der Waals surface area (Å²) >= 11 is 0. The molecular formula is C13H20N2. The van der Waals surface area contributed by atoms with E-state index < -0.39 is 0 Å². The summed E-state index contributed by atoms with van der Waals surface area (Å²) in [6.45, 7) is 4.50. The highest BCUT2D eigenvalue weighted by Gasteiger charge is 2.13. The van der Waals surface area contributed by atoms with E-state index in [0.717, 1.165) is 19.5 Å². The van der Waals surface area contributed by atoms with Crippen LogP contribution in [-0.4, -0.2) is 19.1 Å². The predicted molar refractivity (Wildman–Crippen MR) is 65.3 cm³/mol. The van der Waals surface area contributed by atoms with Crippen molar-refractivity contribution >= 4 is 5.69 Å². The fraction of sp³-hybridized carbons (Fsp3) is 0.538. The van der Waals surface area contributed by atoms with Crippen molar-refractivity contribution in [1.82, 2.24) is 5.32 Å². The van der Waals surface area contributed by atoms with Gasteiger partial charge in [-0.1, -0.05) is 25.1 Å². The molecule has 1 aromatic rings. The molecule has 0 atom stereocenters. The van der Waals surface area contributed by atoms with Gasteiger partial charge in [-0.05, 0) is 44.0 Å². The molecule has 1 aliphatic heterocycles. The first-order valence-corrected chi connectivity index (χ1v) is 5.95. The highest BCUT2D eigenvalue weighted by Crippen LogP contribution is 2.18. The molecule has 0 spiro atoms. The van der Waals surface area contributed by atoms with Gasteiger partial charge in [0.2, 0.25) is 0 Å². The standard InChI is InChI=1S/C13H20N2/c1-2-11-5-3-4-6-13(11)15-12-7-9-14-10-8-12/h3-6,12,14-15H,2,7-10H2,1H3.